The van der Waals surface area contributed by atoms with Crippen molar-refractivity contribution in [1.82, 2.24) is 9.97 Å². The summed E-state index contributed by atoms with van der Waals surface area (Å²) >= 11 is 22.8. The van der Waals surface area contributed by atoms with Gasteiger partial charge >= 0.3 is 5.97 Å². The second kappa shape index (κ2) is 5.88. The van der Waals surface area contributed by atoms with Crippen LogP contribution in [0.25, 0.3) is 0 Å². The Morgan fingerprint density at radius 3 is 2.53 bits per heavy atom. The Kier molecular flexibility index (Phi) is 4.42. The zero-order valence-electron chi connectivity index (χ0n) is 9.01. The first-order valence-corrected chi connectivity index (χ1v) is 6.32. The SMILES string of the molecule is O=C(ONc1ccc(Cl)c(Cl)c1)c1nc(Cl)c(Cl)[nH]1. The average molecular weight is 341 g/mol. The first kappa shape index (κ1) is 14.3. The number of benzene rings is 1. The lowest BCUT2D eigenvalue weighted by Crippen LogP contribution is -2.12. The van der Waals surface area contributed by atoms with E-state index in [1.807, 2.05) is 0 Å². The summed E-state index contributed by atoms with van der Waals surface area (Å²) in [6, 6.07) is 4.64. The predicted octanol–water partition coefficient (Wildman–Crippen LogP) is 4.21. The van der Waals surface area contributed by atoms with Gasteiger partial charge in [-0.2, -0.15) is 0 Å². The van der Waals surface area contributed by atoms with Crippen molar-refractivity contribution < 1.29 is 9.63 Å². The Morgan fingerprint density at radius 1 is 1.21 bits per heavy atom. The molecule has 100 valence electrons. The van der Waals surface area contributed by atoms with Gasteiger partial charge in [-0.15, -0.1) is 0 Å². The van der Waals surface area contributed by atoms with Crippen LogP contribution < -0.4 is 5.48 Å². The quantitative estimate of drug-likeness (QED) is 0.821. The number of H-pyrrole nitrogens is 1. The summed E-state index contributed by atoms with van der Waals surface area (Å²) in [6.45, 7) is 0. The number of hydrogen-bond acceptors (Lipinski definition) is 4. The molecule has 0 amide bonds. The highest BCUT2D eigenvalue weighted by molar-refractivity contribution is 6.42. The molecule has 5 nitrogen and oxygen atoms in total. The number of hydrogen-bond donors (Lipinski definition) is 2. The minimum Gasteiger partial charge on any atom is -0.335 e. The van der Waals surface area contributed by atoms with Crippen LogP contribution in [0.2, 0.25) is 20.4 Å². The first-order valence-electron chi connectivity index (χ1n) is 4.80. The molecule has 9 heteroatoms. The van der Waals surface area contributed by atoms with Crippen LogP contribution in [0, 0.1) is 0 Å². The fourth-order valence-corrected chi connectivity index (χ4v) is 1.70. The number of rotatable bonds is 3. The maximum Gasteiger partial charge on any atom is 0.398 e. The highest BCUT2D eigenvalue weighted by atomic mass is 35.5. The van der Waals surface area contributed by atoms with Crippen LogP contribution >= 0.6 is 46.4 Å². The topological polar surface area (TPSA) is 67.0 Å². The molecule has 0 bridgehead atoms. The molecule has 1 aromatic heterocycles. The fraction of sp³-hybridized carbons (Fsp3) is 0. The van der Waals surface area contributed by atoms with E-state index in [2.05, 4.69) is 15.4 Å². The third kappa shape index (κ3) is 3.45. The summed E-state index contributed by atoms with van der Waals surface area (Å²) in [6.07, 6.45) is 0. The molecule has 0 saturated carbocycles. The Morgan fingerprint density at radius 2 is 1.95 bits per heavy atom. The number of anilines is 1. The molecule has 0 aliphatic heterocycles. The Labute approximate surface area is 127 Å². The second-order valence-corrected chi connectivity index (χ2v) is 4.86. The molecule has 0 fully saturated rings. The van der Waals surface area contributed by atoms with Crippen molar-refractivity contribution in [2.75, 3.05) is 5.48 Å². The number of nitrogens with one attached hydrogen (secondary N) is 2. The summed E-state index contributed by atoms with van der Waals surface area (Å²) in [7, 11) is 0. The lowest BCUT2D eigenvalue weighted by molar-refractivity contribution is 0.0584. The molecule has 2 aromatic rings. The maximum atomic E-state index is 11.6. The molecule has 0 saturated heterocycles. The number of imidazole rings is 1. The van der Waals surface area contributed by atoms with Gasteiger partial charge in [-0.1, -0.05) is 46.4 Å². The number of aromatic nitrogens is 2. The van der Waals surface area contributed by atoms with E-state index in [9.17, 15) is 4.79 Å². The summed E-state index contributed by atoms with van der Waals surface area (Å²) in [5, 5.41) is 0.765. The molecule has 0 aliphatic rings. The minimum atomic E-state index is -0.778. The van der Waals surface area contributed by atoms with E-state index < -0.39 is 5.97 Å². The molecule has 2 rings (SSSR count). The van der Waals surface area contributed by atoms with Crippen molar-refractivity contribution in [3.63, 3.8) is 0 Å². The van der Waals surface area contributed by atoms with Crippen LogP contribution in [0.4, 0.5) is 5.69 Å². The molecule has 1 aromatic carbocycles. The van der Waals surface area contributed by atoms with Crippen LogP contribution in [0.5, 0.6) is 0 Å². The molecule has 2 N–H and O–H groups in total. The number of carbonyl (C=O) groups is 1. The van der Waals surface area contributed by atoms with Gasteiger partial charge in [0.05, 0.1) is 15.7 Å². The number of aromatic amines is 1. The van der Waals surface area contributed by atoms with Crippen LogP contribution in [0.3, 0.4) is 0 Å². The standard InChI is InChI=1S/C10H5Cl4N3O2/c11-5-2-1-4(3-6(5)12)17-19-10(18)9-15-7(13)8(14)16-9/h1-3,17H,(H,15,16). The largest absolute Gasteiger partial charge is 0.398 e. The normalized spacial score (nSPS) is 10.3. The Balaban J connectivity index is 2.02. The summed E-state index contributed by atoms with van der Waals surface area (Å²) < 4.78 is 0. The van der Waals surface area contributed by atoms with Crippen molar-refractivity contribution in [3.05, 3.63) is 44.4 Å². The van der Waals surface area contributed by atoms with Crippen LogP contribution in [0.15, 0.2) is 18.2 Å². The van der Waals surface area contributed by atoms with Gasteiger partial charge in [-0.3, -0.25) is 0 Å². The first-order chi connectivity index (χ1) is 8.97. The van der Waals surface area contributed by atoms with Gasteiger partial charge in [0.25, 0.3) is 0 Å². The number of carbonyl (C=O) groups excluding carboxylic acids is 1. The van der Waals surface area contributed by atoms with Gasteiger partial charge in [-0.05, 0) is 18.2 Å². The van der Waals surface area contributed by atoms with Gasteiger partial charge in [0.1, 0.15) is 5.15 Å². The smallest absolute Gasteiger partial charge is 0.335 e. The van der Waals surface area contributed by atoms with Crippen molar-refractivity contribution in [3.8, 4) is 0 Å². The van der Waals surface area contributed by atoms with E-state index in [0.29, 0.717) is 15.7 Å². The maximum absolute atomic E-state index is 11.6. The predicted molar refractivity (Wildman–Crippen MR) is 74.1 cm³/mol. The Bertz CT molecular complexity index is 610. The zero-order chi connectivity index (χ0) is 14.0. The molecular formula is C10H5Cl4N3O2. The van der Waals surface area contributed by atoms with Crippen molar-refractivity contribution in [2.45, 2.75) is 0 Å². The highest BCUT2D eigenvalue weighted by Gasteiger charge is 2.15. The van der Waals surface area contributed by atoms with E-state index in [1.165, 1.54) is 6.07 Å². The lowest BCUT2D eigenvalue weighted by atomic mass is 10.3. The van der Waals surface area contributed by atoms with Gasteiger partial charge in [0.2, 0.25) is 5.82 Å². The molecular weight excluding hydrogens is 336 g/mol. The number of nitrogens with zero attached hydrogens (tertiary/aromatic N) is 1. The van der Waals surface area contributed by atoms with Crippen LogP contribution in [-0.2, 0) is 4.84 Å². The molecule has 0 atom stereocenters. The molecule has 1 heterocycles. The van der Waals surface area contributed by atoms with Gasteiger partial charge in [-0.25, -0.2) is 15.3 Å². The third-order valence-corrected chi connectivity index (χ3v) is 3.38. The summed E-state index contributed by atoms with van der Waals surface area (Å²) in [5.74, 6) is -0.901. The molecule has 19 heavy (non-hydrogen) atoms. The monoisotopic (exact) mass is 339 g/mol. The summed E-state index contributed by atoms with van der Waals surface area (Å²) in [5.41, 5.74) is 2.85. The fourth-order valence-electron chi connectivity index (χ4n) is 1.14. The van der Waals surface area contributed by atoms with E-state index in [-0.39, 0.29) is 16.1 Å². The molecule has 0 unspecified atom stereocenters. The number of halogens is 4. The molecule has 0 radical (unpaired) electrons. The van der Waals surface area contributed by atoms with Crippen molar-refractivity contribution in [1.29, 1.82) is 0 Å². The minimum absolute atomic E-state index is 0.0110. The van der Waals surface area contributed by atoms with Gasteiger partial charge in [0, 0.05) is 0 Å². The third-order valence-electron chi connectivity index (χ3n) is 1.99. The summed E-state index contributed by atoms with van der Waals surface area (Å²) in [4.78, 5) is 22.5. The van der Waals surface area contributed by atoms with E-state index >= 15 is 0 Å². The van der Waals surface area contributed by atoms with Crippen molar-refractivity contribution >= 4 is 58.1 Å². The van der Waals surface area contributed by atoms with E-state index in [1.54, 1.807) is 12.1 Å². The van der Waals surface area contributed by atoms with E-state index in [4.69, 9.17) is 51.2 Å². The lowest BCUT2D eigenvalue weighted by Gasteiger charge is -2.06. The van der Waals surface area contributed by atoms with Crippen LogP contribution in [0.1, 0.15) is 10.6 Å². The zero-order valence-corrected chi connectivity index (χ0v) is 12.0. The van der Waals surface area contributed by atoms with Gasteiger partial charge < -0.3 is 9.82 Å². The van der Waals surface area contributed by atoms with Crippen LogP contribution in [-0.4, -0.2) is 15.9 Å². The molecule has 0 spiro atoms. The average Bonchev–Trinajstić information content (AvgIpc) is 2.71. The van der Waals surface area contributed by atoms with Crippen molar-refractivity contribution in [2.24, 2.45) is 0 Å². The van der Waals surface area contributed by atoms with Gasteiger partial charge in [0.15, 0.2) is 5.15 Å². The van der Waals surface area contributed by atoms with E-state index in [0.717, 1.165) is 0 Å². The molecule has 0 aliphatic carbocycles. The Hall–Kier alpha value is -1.14. The second-order valence-electron chi connectivity index (χ2n) is 3.31. The highest BCUT2D eigenvalue weighted by Crippen LogP contribution is 2.25.